The summed E-state index contributed by atoms with van der Waals surface area (Å²) in [5, 5.41) is 27.8. The van der Waals surface area contributed by atoms with Crippen LogP contribution in [-0.2, 0) is 9.59 Å². The Morgan fingerprint density at radius 2 is 1.84 bits per heavy atom. The van der Waals surface area contributed by atoms with Crippen LogP contribution in [0.1, 0.15) is 51.9 Å². The maximum Gasteiger partial charge on any atom is 0.451 e. The van der Waals surface area contributed by atoms with Crippen LogP contribution in [0.2, 0.25) is 6.32 Å². The molecule has 0 aromatic carbocycles. The van der Waals surface area contributed by atoms with Crippen LogP contribution < -0.4 is 16.8 Å². The normalized spacial score (nSPS) is 20.8. The second-order valence-electron chi connectivity index (χ2n) is 6.51. The average Bonchev–Trinajstić information content (AvgIpc) is 2.60. The third kappa shape index (κ3) is 11.1. The van der Waals surface area contributed by atoms with Crippen molar-refractivity contribution in [1.29, 1.82) is 0 Å². The van der Waals surface area contributed by atoms with Crippen LogP contribution in [0.4, 0.5) is 0 Å². The molecule has 0 saturated heterocycles. The average molecular weight is 359 g/mol. The van der Waals surface area contributed by atoms with Gasteiger partial charge < -0.3 is 31.9 Å². The number of unbranched alkanes of at least 4 members (excludes halogenated alkanes) is 1. The van der Waals surface area contributed by atoms with Crippen LogP contribution in [0.25, 0.3) is 0 Å². The number of amides is 1. The summed E-state index contributed by atoms with van der Waals surface area (Å²) in [6.45, 7) is 2.72. The smallest absolute Gasteiger partial charge is 0.451 e. The standard InChI is InChI=1S/C14H27N3O3.C2H7BO2/c15-8-4-3-7-12(16)13(18)17-9-10-5-1-2-6-11(10)14(19)20;1-2-3(4)5/h10-12H,1-9,15-16H2,(H,17,18)(H,19,20);4-5H,2H2,1H3. The number of carboxylic acids is 1. The van der Waals surface area contributed by atoms with Crippen LogP contribution in [0.3, 0.4) is 0 Å². The van der Waals surface area contributed by atoms with Gasteiger partial charge in [0.1, 0.15) is 0 Å². The van der Waals surface area contributed by atoms with Crippen LogP contribution in [-0.4, -0.2) is 53.3 Å². The first-order chi connectivity index (χ1) is 11.8. The highest BCUT2D eigenvalue weighted by atomic mass is 16.4. The first-order valence-corrected chi connectivity index (χ1v) is 9.15. The summed E-state index contributed by atoms with van der Waals surface area (Å²) < 4.78 is 0. The summed E-state index contributed by atoms with van der Waals surface area (Å²) in [5.74, 6) is -1.24. The third-order valence-corrected chi connectivity index (χ3v) is 4.44. The molecule has 0 radical (unpaired) electrons. The largest absolute Gasteiger partial charge is 0.481 e. The number of carbonyl (C=O) groups is 2. The molecule has 9 heteroatoms. The Morgan fingerprint density at radius 1 is 1.24 bits per heavy atom. The van der Waals surface area contributed by atoms with Gasteiger partial charge in [0.2, 0.25) is 5.91 Å². The van der Waals surface area contributed by atoms with Crippen LogP contribution >= 0.6 is 0 Å². The summed E-state index contributed by atoms with van der Waals surface area (Å²) in [7, 11) is -1.12. The van der Waals surface area contributed by atoms with Crippen molar-refractivity contribution in [2.45, 2.75) is 64.2 Å². The van der Waals surface area contributed by atoms with Crippen molar-refractivity contribution in [2.75, 3.05) is 13.1 Å². The molecule has 1 rings (SSSR count). The van der Waals surface area contributed by atoms with Gasteiger partial charge in [0, 0.05) is 6.54 Å². The molecule has 0 aliphatic heterocycles. The highest BCUT2D eigenvalue weighted by molar-refractivity contribution is 6.40. The van der Waals surface area contributed by atoms with Crippen LogP contribution in [0, 0.1) is 11.8 Å². The molecule has 1 aliphatic carbocycles. The molecular weight excluding hydrogens is 325 g/mol. The Bertz CT molecular complexity index is 385. The van der Waals surface area contributed by atoms with E-state index in [-0.39, 0.29) is 17.7 Å². The van der Waals surface area contributed by atoms with E-state index in [9.17, 15) is 14.7 Å². The van der Waals surface area contributed by atoms with Gasteiger partial charge in [-0.15, -0.1) is 0 Å². The number of rotatable bonds is 9. The highest BCUT2D eigenvalue weighted by Gasteiger charge is 2.31. The van der Waals surface area contributed by atoms with Crippen molar-refractivity contribution in [1.82, 2.24) is 5.32 Å². The van der Waals surface area contributed by atoms with Crippen molar-refractivity contribution in [3.63, 3.8) is 0 Å². The van der Waals surface area contributed by atoms with E-state index in [1.807, 2.05) is 0 Å². The van der Waals surface area contributed by atoms with Crippen LogP contribution in [0.5, 0.6) is 0 Å². The number of nitrogens with one attached hydrogen (secondary N) is 1. The topological polar surface area (TPSA) is 159 Å². The lowest BCUT2D eigenvalue weighted by atomic mass is 9.79. The maximum absolute atomic E-state index is 11.8. The number of carbonyl (C=O) groups excluding carboxylic acids is 1. The second-order valence-corrected chi connectivity index (χ2v) is 6.51. The molecule has 1 fully saturated rings. The molecule has 1 saturated carbocycles. The summed E-state index contributed by atoms with van der Waals surface area (Å²) in [6.07, 6.45) is 6.30. The van der Waals surface area contributed by atoms with E-state index in [1.165, 1.54) is 0 Å². The molecule has 0 bridgehead atoms. The van der Waals surface area contributed by atoms with E-state index in [0.717, 1.165) is 32.1 Å². The molecule has 8 nitrogen and oxygen atoms in total. The molecular formula is C16H34BN3O5. The Kier molecular flexibility index (Phi) is 13.4. The molecule has 0 spiro atoms. The van der Waals surface area contributed by atoms with E-state index in [1.54, 1.807) is 6.92 Å². The lowest BCUT2D eigenvalue weighted by molar-refractivity contribution is -0.145. The number of aliphatic carboxylic acids is 1. The lowest BCUT2D eigenvalue weighted by Crippen LogP contribution is -2.44. The SMILES string of the molecule is CCB(O)O.NCCCCC(N)C(=O)NCC1CCCCC1C(=O)O. The molecule has 146 valence electrons. The Labute approximate surface area is 150 Å². The first kappa shape index (κ1) is 23.8. The number of carboxylic acid groups (broad SMARTS) is 1. The monoisotopic (exact) mass is 359 g/mol. The molecule has 1 amide bonds. The third-order valence-electron chi connectivity index (χ3n) is 4.44. The van der Waals surface area contributed by atoms with Gasteiger partial charge in [-0.2, -0.15) is 0 Å². The lowest BCUT2D eigenvalue weighted by Gasteiger charge is -2.29. The van der Waals surface area contributed by atoms with Gasteiger partial charge in [0.25, 0.3) is 0 Å². The fourth-order valence-corrected chi connectivity index (χ4v) is 2.78. The fourth-order valence-electron chi connectivity index (χ4n) is 2.78. The summed E-state index contributed by atoms with van der Waals surface area (Å²) in [6, 6.07) is -0.520. The van der Waals surface area contributed by atoms with Crippen molar-refractivity contribution in [2.24, 2.45) is 23.3 Å². The van der Waals surface area contributed by atoms with Crippen molar-refractivity contribution >= 4 is 19.0 Å². The molecule has 0 aromatic heterocycles. The van der Waals surface area contributed by atoms with Gasteiger partial charge in [-0.3, -0.25) is 9.59 Å². The second kappa shape index (κ2) is 14.1. The number of hydrogen-bond donors (Lipinski definition) is 6. The number of hydrogen-bond acceptors (Lipinski definition) is 6. The zero-order valence-electron chi connectivity index (χ0n) is 15.2. The van der Waals surface area contributed by atoms with Gasteiger partial charge in [0.15, 0.2) is 0 Å². The van der Waals surface area contributed by atoms with Crippen LogP contribution in [0.15, 0.2) is 0 Å². The molecule has 25 heavy (non-hydrogen) atoms. The summed E-state index contributed by atoms with van der Waals surface area (Å²) >= 11 is 0. The Balaban J connectivity index is 0.00000101. The Morgan fingerprint density at radius 3 is 2.36 bits per heavy atom. The minimum Gasteiger partial charge on any atom is -0.481 e. The maximum atomic E-state index is 11.8. The van der Waals surface area contributed by atoms with Gasteiger partial charge in [0.05, 0.1) is 12.0 Å². The zero-order chi connectivity index (χ0) is 19.2. The minimum atomic E-state index is -1.12. The van der Waals surface area contributed by atoms with Gasteiger partial charge >= 0.3 is 13.1 Å². The summed E-state index contributed by atoms with van der Waals surface area (Å²) in [4.78, 5) is 23.0. The fraction of sp³-hybridized carbons (Fsp3) is 0.875. The first-order valence-electron chi connectivity index (χ1n) is 9.15. The Hall–Kier alpha value is -1.16. The van der Waals surface area contributed by atoms with E-state index in [4.69, 9.17) is 21.5 Å². The van der Waals surface area contributed by atoms with Gasteiger partial charge in [-0.05, 0) is 44.5 Å². The molecule has 0 heterocycles. The van der Waals surface area contributed by atoms with E-state index >= 15 is 0 Å². The molecule has 3 atom stereocenters. The molecule has 3 unspecified atom stereocenters. The zero-order valence-corrected chi connectivity index (χ0v) is 15.2. The quantitative estimate of drug-likeness (QED) is 0.248. The van der Waals surface area contributed by atoms with Crippen molar-refractivity contribution in [3.05, 3.63) is 0 Å². The van der Waals surface area contributed by atoms with E-state index < -0.39 is 19.1 Å². The highest BCUT2D eigenvalue weighted by Crippen LogP contribution is 2.29. The molecule has 8 N–H and O–H groups in total. The predicted molar refractivity (Wildman–Crippen MR) is 97.6 cm³/mol. The predicted octanol–water partition coefficient (Wildman–Crippen LogP) is -0.0710. The summed E-state index contributed by atoms with van der Waals surface area (Å²) in [5.41, 5.74) is 11.2. The van der Waals surface area contributed by atoms with Crippen molar-refractivity contribution in [3.8, 4) is 0 Å². The molecule has 0 aromatic rings. The van der Waals surface area contributed by atoms with Gasteiger partial charge in [-0.1, -0.05) is 26.2 Å². The number of nitrogens with two attached hydrogens (primary N) is 2. The van der Waals surface area contributed by atoms with Crippen molar-refractivity contribution < 1.29 is 24.7 Å². The van der Waals surface area contributed by atoms with E-state index in [0.29, 0.717) is 32.3 Å². The minimum absolute atomic E-state index is 0.0291. The molecule has 1 aliphatic rings. The van der Waals surface area contributed by atoms with E-state index in [2.05, 4.69) is 5.32 Å². The van der Waals surface area contributed by atoms with Gasteiger partial charge in [-0.25, -0.2) is 0 Å².